The summed E-state index contributed by atoms with van der Waals surface area (Å²) in [6.07, 6.45) is 3.48. The molecular weight excluding hydrogens is 419 g/mol. The highest BCUT2D eigenvalue weighted by Gasteiger charge is 2.24. The number of nitrogens with zero attached hydrogens (tertiary/aromatic N) is 3. The normalized spacial score (nSPS) is 14.7. The van der Waals surface area contributed by atoms with E-state index in [1.165, 1.54) is 0 Å². The first-order valence-electron chi connectivity index (χ1n) is 8.13. The van der Waals surface area contributed by atoms with Gasteiger partial charge in [-0.1, -0.05) is 0 Å². The van der Waals surface area contributed by atoms with E-state index in [2.05, 4.69) is 46.8 Å². The standard InChI is InChI=1S/C16H32N6O.HI/c1-7-17-14(18-8-9-20-15(2,3)4)19-12-16(5,23)13-10-21-22(6)11-13;/h10-11,20,23H,7-9,12H2,1-6H3,(H2,17,18,19);1H. The number of hydrogen-bond acceptors (Lipinski definition) is 4. The van der Waals surface area contributed by atoms with Gasteiger partial charge in [0.25, 0.3) is 0 Å². The van der Waals surface area contributed by atoms with Crippen LogP contribution in [0.1, 0.15) is 40.2 Å². The van der Waals surface area contributed by atoms with Gasteiger partial charge in [-0.15, -0.1) is 24.0 Å². The third-order valence-corrected chi connectivity index (χ3v) is 3.29. The average molecular weight is 452 g/mol. The van der Waals surface area contributed by atoms with Crippen LogP contribution in [0.3, 0.4) is 0 Å². The molecule has 1 rings (SSSR count). The second kappa shape index (κ2) is 10.2. The highest BCUT2D eigenvalue weighted by molar-refractivity contribution is 14.0. The van der Waals surface area contributed by atoms with Crippen molar-refractivity contribution in [2.45, 2.75) is 45.8 Å². The smallest absolute Gasteiger partial charge is 0.191 e. The van der Waals surface area contributed by atoms with Crippen molar-refractivity contribution in [1.29, 1.82) is 0 Å². The van der Waals surface area contributed by atoms with Gasteiger partial charge in [0.1, 0.15) is 5.60 Å². The van der Waals surface area contributed by atoms with E-state index in [1.54, 1.807) is 17.8 Å². The van der Waals surface area contributed by atoms with Crippen molar-refractivity contribution >= 4 is 29.9 Å². The Kier molecular flexibility index (Phi) is 9.83. The summed E-state index contributed by atoms with van der Waals surface area (Å²) in [5.74, 6) is 0.701. The van der Waals surface area contributed by atoms with E-state index in [0.29, 0.717) is 5.96 Å². The molecule has 1 aromatic heterocycles. The fourth-order valence-corrected chi connectivity index (χ4v) is 1.98. The Morgan fingerprint density at radius 2 is 1.92 bits per heavy atom. The molecule has 0 aliphatic carbocycles. The third kappa shape index (κ3) is 8.84. The molecule has 1 atom stereocenters. The van der Waals surface area contributed by atoms with Gasteiger partial charge in [-0.25, -0.2) is 4.99 Å². The van der Waals surface area contributed by atoms with E-state index in [1.807, 2.05) is 20.2 Å². The van der Waals surface area contributed by atoms with E-state index >= 15 is 0 Å². The summed E-state index contributed by atoms with van der Waals surface area (Å²) in [5.41, 5.74) is -0.185. The lowest BCUT2D eigenvalue weighted by Gasteiger charge is -2.22. The number of aromatic nitrogens is 2. The molecule has 0 aromatic carbocycles. The molecule has 0 fully saturated rings. The molecule has 1 unspecified atom stereocenters. The molecule has 4 N–H and O–H groups in total. The molecule has 1 aromatic rings. The number of aliphatic hydroxyl groups is 1. The second-order valence-corrected chi connectivity index (χ2v) is 6.98. The Labute approximate surface area is 162 Å². The van der Waals surface area contributed by atoms with Crippen molar-refractivity contribution < 1.29 is 5.11 Å². The van der Waals surface area contributed by atoms with E-state index in [0.717, 1.165) is 25.2 Å². The molecule has 0 aliphatic rings. The molecular formula is C16H33IN6O. The van der Waals surface area contributed by atoms with Crippen molar-refractivity contribution in [3.63, 3.8) is 0 Å². The Balaban J connectivity index is 0.00000529. The van der Waals surface area contributed by atoms with Crippen LogP contribution in [0.4, 0.5) is 0 Å². The first kappa shape index (κ1) is 23.1. The van der Waals surface area contributed by atoms with Gasteiger partial charge in [0.05, 0.1) is 12.7 Å². The van der Waals surface area contributed by atoms with Crippen molar-refractivity contribution in [1.82, 2.24) is 25.7 Å². The number of aliphatic imine (C=N–C) groups is 1. The minimum atomic E-state index is -1.04. The minimum Gasteiger partial charge on any atom is -0.383 e. The number of halogens is 1. The largest absolute Gasteiger partial charge is 0.383 e. The van der Waals surface area contributed by atoms with Gasteiger partial charge in [0.2, 0.25) is 0 Å². The maximum absolute atomic E-state index is 10.6. The minimum absolute atomic E-state index is 0. The van der Waals surface area contributed by atoms with E-state index in [4.69, 9.17) is 0 Å². The lowest BCUT2D eigenvalue weighted by molar-refractivity contribution is 0.0672. The summed E-state index contributed by atoms with van der Waals surface area (Å²) in [5, 5.41) is 24.5. The van der Waals surface area contributed by atoms with Crippen LogP contribution in [0.5, 0.6) is 0 Å². The molecule has 0 spiro atoms. The monoisotopic (exact) mass is 452 g/mol. The van der Waals surface area contributed by atoms with Crippen molar-refractivity contribution in [2.24, 2.45) is 12.0 Å². The molecule has 0 saturated carbocycles. The van der Waals surface area contributed by atoms with Crippen molar-refractivity contribution in [3.8, 4) is 0 Å². The molecule has 0 amide bonds. The SMILES string of the molecule is CCNC(=NCC(C)(O)c1cnn(C)c1)NCCNC(C)(C)C.I. The molecule has 140 valence electrons. The maximum atomic E-state index is 10.6. The molecule has 8 heteroatoms. The van der Waals surface area contributed by atoms with Crippen molar-refractivity contribution in [3.05, 3.63) is 18.0 Å². The van der Waals surface area contributed by atoms with Gasteiger partial charge in [0.15, 0.2) is 5.96 Å². The number of guanidine groups is 1. The molecule has 7 nitrogen and oxygen atoms in total. The first-order chi connectivity index (χ1) is 10.6. The Bertz CT molecular complexity index is 507. The van der Waals surface area contributed by atoms with Crippen LogP contribution in [-0.2, 0) is 12.6 Å². The summed E-state index contributed by atoms with van der Waals surface area (Å²) < 4.78 is 1.68. The van der Waals surface area contributed by atoms with Gasteiger partial charge in [-0.3, -0.25) is 4.68 Å². The summed E-state index contributed by atoms with van der Waals surface area (Å²) >= 11 is 0. The number of nitrogens with one attached hydrogen (secondary N) is 3. The zero-order valence-corrected chi connectivity index (χ0v) is 18.0. The quantitative estimate of drug-likeness (QED) is 0.216. The molecule has 0 radical (unpaired) electrons. The Hall–Kier alpha value is -0.870. The van der Waals surface area contributed by atoms with Gasteiger partial charge in [-0.2, -0.15) is 5.10 Å². The molecule has 0 aliphatic heterocycles. The fourth-order valence-electron chi connectivity index (χ4n) is 1.98. The van der Waals surface area contributed by atoms with Crippen LogP contribution in [0, 0.1) is 0 Å². The summed E-state index contributed by atoms with van der Waals surface area (Å²) in [6.45, 7) is 12.8. The summed E-state index contributed by atoms with van der Waals surface area (Å²) in [7, 11) is 1.83. The lowest BCUT2D eigenvalue weighted by Crippen LogP contribution is -2.45. The molecule has 0 saturated heterocycles. The third-order valence-electron chi connectivity index (χ3n) is 3.29. The van der Waals surface area contributed by atoms with Crippen LogP contribution < -0.4 is 16.0 Å². The average Bonchev–Trinajstić information content (AvgIpc) is 2.87. The summed E-state index contributed by atoms with van der Waals surface area (Å²) in [4.78, 5) is 4.48. The highest BCUT2D eigenvalue weighted by atomic mass is 127. The van der Waals surface area contributed by atoms with E-state index < -0.39 is 5.60 Å². The van der Waals surface area contributed by atoms with Gasteiger partial charge in [-0.05, 0) is 34.6 Å². The molecule has 24 heavy (non-hydrogen) atoms. The Morgan fingerprint density at radius 3 is 2.42 bits per heavy atom. The number of aryl methyl sites for hydroxylation is 1. The zero-order valence-electron chi connectivity index (χ0n) is 15.7. The maximum Gasteiger partial charge on any atom is 0.191 e. The van der Waals surface area contributed by atoms with Crippen LogP contribution in [0.15, 0.2) is 17.4 Å². The van der Waals surface area contributed by atoms with Crippen LogP contribution in [-0.4, -0.2) is 52.6 Å². The number of hydrogen-bond donors (Lipinski definition) is 4. The van der Waals surface area contributed by atoms with Crippen molar-refractivity contribution in [2.75, 3.05) is 26.2 Å². The summed E-state index contributed by atoms with van der Waals surface area (Å²) in [6, 6.07) is 0. The Morgan fingerprint density at radius 1 is 1.25 bits per heavy atom. The first-order valence-corrected chi connectivity index (χ1v) is 8.13. The zero-order chi connectivity index (χ0) is 17.5. The van der Waals surface area contributed by atoms with E-state index in [-0.39, 0.29) is 36.1 Å². The fraction of sp³-hybridized carbons (Fsp3) is 0.750. The molecule has 0 bridgehead atoms. The lowest BCUT2D eigenvalue weighted by atomic mass is 10.0. The highest BCUT2D eigenvalue weighted by Crippen LogP contribution is 2.19. The van der Waals surface area contributed by atoms with Crippen LogP contribution in [0.2, 0.25) is 0 Å². The number of rotatable bonds is 7. The predicted octanol–water partition coefficient (Wildman–Crippen LogP) is 1.19. The predicted molar refractivity (Wildman–Crippen MR) is 110 cm³/mol. The van der Waals surface area contributed by atoms with Gasteiger partial charge in [0, 0.05) is 44.0 Å². The molecule has 1 heterocycles. The van der Waals surface area contributed by atoms with Crippen LogP contribution in [0.25, 0.3) is 0 Å². The van der Waals surface area contributed by atoms with Gasteiger partial charge >= 0.3 is 0 Å². The van der Waals surface area contributed by atoms with E-state index in [9.17, 15) is 5.11 Å². The second-order valence-electron chi connectivity index (χ2n) is 6.98. The van der Waals surface area contributed by atoms with Gasteiger partial charge < -0.3 is 21.1 Å². The topological polar surface area (TPSA) is 86.5 Å². The van der Waals surface area contributed by atoms with Crippen LogP contribution >= 0.6 is 24.0 Å².